The molecule has 23 heavy (non-hydrogen) atoms. The molecule has 0 saturated carbocycles. The second-order valence-electron chi connectivity index (χ2n) is 7.95. The largest absolute Gasteiger partial charge is 0.242 e. The van der Waals surface area contributed by atoms with Crippen LogP contribution in [0, 0.1) is 11.5 Å². The molecule has 1 aromatic carbocycles. The maximum Gasteiger partial charge on any atom is 0.129 e. The molecule has 1 aliphatic rings. The van der Waals surface area contributed by atoms with Crippen molar-refractivity contribution >= 4 is 25.1 Å². The van der Waals surface area contributed by atoms with Gasteiger partial charge in [-0.25, -0.2) is 4.21 Å². The molecule has 2 unspecified atom stereocenters. The van der Waals surface area contributed by atoms with E-state index in [2.05, 4.69) is 55.4 Å². The molecule has 0 aromatic heterocycles. The maximum absolute atomic E-state index is 12.7. The molecular formula is C19H27NOSSi. The van der Waals surface area contributed by atoms with E-state index < -0.39 is 19.1 Å². The molecule has 0 aliphatic carbocycles. The van der Waals surface area contributed by atoms with Crippen molar-refractivity contribution in [1.82, 2.24) is 4.31 Å². The van der Waals surface area contributed by atoms with Crippen LogP contribution in [0.2, 0.25) is 19.6 Å². The van der Waals surface area contributed by atoms with Crippen molar-refractivity contribution in [2.24, 2.45) is 0 Å². The van der Waals surface area contributed by atoms with Gasteiger partial charge in [-0.05, 0) is 26.3 Å². The molecule has 2 rings (SSSR count). The Morgan fingerprint density at radius 1 is 1.17 bits per heavy atom. The first-order valence-electron chi connectivity index (χ1n) is 8.06. The Kier molecular flexibility index (Phi) is 5.35. The molecule has 1 aromatic rings. The van der Waals surface area contributed by atoms with E-state index in [1.807, 2.05) is 43.3 Å². The molecule has 0 bridgehead atoms. The fraction of sp³-hybridized carbons (Fsp3) is 0.474. The second-order valence-corrected chi connectivity index (χ2v) is 14.8. The van der Waals surface area contributed by atoms with Gasteiger partial charge in [0.15, 0.2) is 0 Å². The molecule has 4 atom stereocenters. The predicted octanol–water partition coefficient (Wildman–Crippen LogP) is 4.10. The van der Waals surface area contributed by atoms with Crippen LogP contribution in [0.5, 0.6) is 0 Å². The lowest BCUT2D eigenvalue weighted by Crippen LogP contribution is -2.28. The Hall–Kier alpha value is -1.15. The number of hydrogen-bond acceptors (Lipinski definition) is 1. The van der Waals surface area contributed by atoms with Crippen molar-refractivity contribution in [3.8, 4) is 11.5 Å². The number of nitrogens with zero attached hydrogens (tertiary/aromatic N) is 1. The van der Waals surface area contributed by atoms with Crippen LogP contribution in [0.1, 0.15) is 26.3 Å². The van der Waals surface area contributed by atoms with E-state index in [1.54, 1.807) is 0 Å². The average molecular weight is 346 g/mol. The molecule has 0 radical (unpaired) electrons. The summed E-state index contributed by atoms with van der Waals surface area (Å²) < 4.78 is 14.5. The van der Waals surface area contributed by atoms with Crippen LogP contribution in [0.25, 0.3) is 6.08 Å². The van der Waals surface area contributed by atoms with Gasteiger partial charge in [0.2, 0.25) is 0 Å². The van der Waals surface area contributed by atoms with Gasteiger partial charge in [-0.15, -0.1) is 5.54 Å². The van der Waals surface area contributed by atoms with Gasteiger partial charge in [0, 0.05) is 0 Å². The Morgan fingerprint density at radius 2 is 1.78 bits per heavy atom. The first-order chi connectivity index (χ1) is 10.6. The maximum atomic E-state index is 12.7. The third kappa shape index (κ3) is 5.17. The summed E-state index contributed by atoms with van der Waals surface area (Å²) in [5, 5.41) is 0. The van der Waals surface area contributed by atoms with Gasteiger partial charge in [-0.2, -0.15) is 4.31 Å². The summed E-state index contributed by atoms with van der Waals surface area (Å²) in [5.41, 5.74) is 4.59. The van der Waals surface area contributed by atoms with Crippen LogP contribution in [0.4, 0.5) is 0 Å². The first-order valence-corrected chi connectivity index (χ1v) is 12.7. The minimum absolute atomic E-state index is 0.0849. The Balaban J connectivity index is 2.19. The third-order valence-corrected chi connectivity index (χ3v) is 6.19. The number of rotatable bonds is 3. The Bertz CT molecular complexity index is 659. The van der Waals surface area contributed by atoms with Crippen LogP contribution in [-0.4, -0.2) is 33.4 Å². The van der Waals surface area contributed by atoms with Crippen LogP contribution in [-0.2, 0) is 11.0 Å². The summed E-state index contributed by atoms with van der Waals surface area (Å²) in [5.74, 6) is 3.38. The fourth-order valence-corrected chi connectivity index (χ4v) is 4.11. The molecule has 0 spiro atoms. The van der Waals surface area contributed by atoms with E-state index in [4.69, 9.17) is 0 Å². The van der Waals surface area contributed by atoms with Crippen LogP contribution < -0.4 is 0 Å². The lowest BCUT2D eigenvalue weighted by atomic mass is 10.2. The van der Waals surface area contributed by atoms with E-state index in [0.717, 1.165) is 5.56 Å². The predicted molar refractivity (Wildman–Crippen MR) is 104 cm³/mol. The molecule has 1 heterocycles. The van der Waals surface area contributed by atoms with E-state index in [9.17, 15) is 4.21 Å². The topological polar surface area (TPSA) is 20.1 Å². The van der Waals surface area contributed by atoms with E-state index in [-0.39, 0.29) is 16.8 Å². The monoisotopic (exact) mass is 345 g/mol. The standard InChI is InChI=1S/C19H27NOSSi/c1-19(2,3)22(21)20-17(18(20)14-15-23(4,5)6)13-12-16-10-8-7-9-11-16/h7-13,17-18H,1-6H3/b13-12+/t17-,18+,20?,22?/m0/s1. The van der Waals surface area contributed by atoms with Gasteiger partial charge in [0.05, 0.1) is 10.8 Å². The minimum Gasteiger partial charge on any atom is -0.242 e. The highest BCUT2D eigenvalue weighted by atomic mass is 32.2. The average Bonchev–Trinajstić information content (AvgIpc) is 3.14. The van der Waals surface area contributed by atoms with Gasteiger partial charge in [0.1, 0.15) is 25.1 Å². The van der Waals surface area contributed by atoms with Gasteiger partial charge in [0.25, 0.3) is 0 Å². The van der Waals surface area contributed by atoms with E-state index >= 15 is 0 Å². The summed E-state index contributed by atoms with van der Waals surface area (Å²) in [6, 6.07) is 10.5. The molecule has 1 saturated heterocycles. The SMILES string of the molecule is CC(C)(C)S(=O)N1[C@H](C#C[Si](C)(C)C)[C@@H]1/C=C/c1ccccc1. The molecule has 2 nitrogen and oxygen atoms in total. The lowest BCUT2D eigenvalue weighted by molar-refractivity contribution is 0.608. The minimum atomic E-state index is -1.42. The van der Waals surface area contributed by atoms with Gasteiger partial charge in [-0.3, -0.25) is 0 Å². The molecule has 4 heteroatoms. The van der Waals surface area contributed by atoms with Crippen molar-refractivity contribution in [2.75, 3.05) is 0 Å². The normalized spacial score (nSPS) is 25.7. The summed E-state index contributed by atoms with van der Waals surface area (Å²) in [7, 11) is -2.45. The van der Waals surface area contributed by atoms with Gasteiger partial charge < -0.3 is 0 Å². The Morgan fingerprint density at radius 3 is 2.30 bits per heavy atom. The van der Waals surface area contributed by atoms with Crippen LogP contribution >= 0.6 is 0 Å². The molecule has 0 N–H and O–H groups in total. The third-order valence-electron chi connectivity index (χ3n) is 3.40. The fourth-order valence-electron chi connectivity index (χ4n) is 2.16. The van der Waals surface area contributed by atoms with Crippen molar-refractivity contribution in [2.45, 2.75) is 57.2 Å². The molecule has 1 aliphatic heterocycles. The summed E-state index contributed by atoms with van der Waals surface area (Å²) in [4.78, 5) is 0. The Labute approximate surface area is 144 Å². The molecular weight excluding hydrogens is 318 g/mol. The van der Waals surface area contributed by atoms with Crippen molar-refractivity contribution in [3.05, 3.63) is 42.0 Å². The molecule has 1 fully saturated rings. The highest BCUT2D eigenvalue weighted by molar-refractivity contribution is 7.84. The smallest absolute Gasteiger partial charge is 0.129 e. The van der Waals surface area contributed by atoms with E-state index in [1.165, 1.54) is 0 Å². The van der Waals surface area contributed by atoms with Gasteiger partial charge >= 0.3 is 0 Å². The zero-order valence-electron chi connectivity index (χ0n) is 15.0. The highest BCUT2D eigenvalue weighted by Crippen LogP contribution is 2.36. The second kappa shape index (κ2) is 6.76. The summed E-state index contributed by atoms with van der Waals surface area (Å²) in [6.45, 7) is 12.8. The first kappa shape index (κ1) is 18.2. The van der Waals surface area contributed by atoms with Crippen molar-refractivity contribution in [3.63, 3.8) is 0 Å². The molecule has 124 valence electrons. The lowest BCUT2D eigenvalue weighted by Gasteiger charge is -2.18. The zero-order chi connectivity index (χ0) is 17.3. The summed E-state index contributed by atoms with van der Waals surface area (Å²) in [6.07, 6.45) is 4.25. The van der Waals surface area contributed by atoms with Crippen LogP contribution in [0.15, 0.2) is 36.4 Å². The molecule has 0 amide bonds. The highest BCUT2D eigenvalue weighted by Gasteiger charge is 2.51. The van der Waals surface area contributed by atoms with Crippen molar-refractivity contribution in [1.29, 1.82) is 0 Å². The van der Waals surface area contributed by atoms with Gasteiger partial charge in [-0.1, -0.05) is 68.0 Å². The number of benzene rings is 1. The van der Waals surface area contributed by atoms with E-state index in [0.29, 0.717) is 0 Å². The summed E-state index contributed by atoms with van der Waals surface area (Å²) >= 11 is 0. The van der Waals surface area contributed by atoms with Crippen LogP contribution in [0.3, 0.4) is 0 Å². The number of hydrogen-bond donors (Lipinski definition) is 0. The van der Waals surface area contributed by atoms with Crippen molar-refractivity contribution < 1.29 is 4.21 Å². The quantitative estimate of drug-likeness (QED) is 0.459. The zero-order valence-corrected chi connectivity index (χ0v) is 16.8.